The molecule has 1 fully saturated rings. The average Bonchev–Trinajstić information content (AvgIpc) is 2.71. The molecule has 7 nitrogen and oxygen atoms in total. The number of benzene rings is 2. The van der Waals surface area contributed by atoms with Gasteiger partial charge in [-0.05, 0) is 30.7 Å². The van der Waals surface area contributed by atoms with Gasteiger partial charge in [-0.25, -0.2) is 0 Å². The van der Waals surface area contributed by atoms with Crippen LogP contribution in [0.5, 0.6) is 11.5 Å². The molecule has 1 saturated heterocycles. The maximum Gasteiger partial charge on any atom is 0.229 e. The Hall–Kier alpha value is -2.16. The average molecular weight is 390 g/mol. The SMILES string of the molecule is COc1ccc(O[C@@H]2O[C@H](CO)[C@@H](O)[C@H](O)[C@H]2O)c(Cc2ccc(C)cc2)c1. The Kier molecular flexibility index (Phi) is 6.53. The van der Waals surface area contributed by atoms with E-state index < -0.39 is 37.3 Å². The largest absolute Gasteiger partial charge is 0.497 e. The second kappa shape index (κ2) is 8.89. The molecule has 0 aromatic heterocycles. The molecule has 1 aliphatic heterocycles. The van der Waals surface area contributed by atoms with Gasteiger partial charge in [0.05, 0.1) is 13.7 Å². The molecule has 0 bridgehead atoms. The summed E-state index contributed by atoms with van der Waals surface area (Å²) in [6, 6.07) is 13.3. The third kappa shape index (κ3) is 4.45. The number of ether oxygens (including phenoxy) is 3. The van der Waals surface area contributed by atoms with Crippen LogP contribution in [0.15, 0.2) is 42.5 Å². The molecule has 3 rings (SSSR count). The van der Waals surface area contributed by atoms with Crippen molar-refractivity contribution < 1.29 is 34.6 Å². The molecular weight excluding hydrogens is 364 g/mol. The van der Waals surface area contributed by atoms with Crippen molar-refractivity contribution in [2.75, 3.05) is 13.7 Å². The van der Waals surface area contributed by atoms with Gasteiger partial charge in [-0.1, -0.05) is 29.8 Å². The van der Waals surface area contributed by atoms with Gasteiger partial charge in [-0.3, -0.25) is 0 Å². The molecule has 0 radical (unpaired) electrons. The molecule has 28 heavy (non-hydrogen) atoms. The van der Waals surface area contributed by atoms with Crippen molar-refractivity contribution in [1.29, 1.82) is 0 Å². The normalized spacial score (nSPS) is 27.4. The highest BCUT2D eigenvalue weighted by Gasteiger charge is 2.44. The lowest BCUT2D eigenvalue weighted by atomic mass is 9.99. The van der Waals surface area contributed by atoms with Crippen molar-refractivity contribution in [2.24, 2.45) is 0 Å². The number of aliphatic hydroxyl groups is 4. The summed E-state index contributed by atoms with van der Waals surface area (Å²) >= 11 is 0. The second-order valence-corrected chi connectivity index (χ2v) is 6.95. The van der Waals surface area contributed by atoms with E-state index in [4.69, 9.17) is 14.2 Å². The van der Waals surface area contributed by atoms with Gasteiger partial charge in [-0.2, -0.15) is 0 Å². The molecule has 5 atom stereocenters. The minimum atomic E-state index is -1.49. The molecule has 0 unspecified atom stereocenters. The summed E-state index contributed by atoms with van der Waals surface area (Å²) < 4.78 is 16.6. The molecule has 1 aliphatic rings. The van der Waals surface area contributed by atoms with Gasteiger partial charge in [0.15, 0.2) is 0 Å². The summed E-state index contributed by atoms with van der Waals surface area (Å²) in [7, 11) is 1.57. The van der Waals surface area contributed by atoms with Crippen LogP contribution in [0, 0.1) is 6.92 Å². The van der Waals surface area contributed by atoms with Gasteiger partial charge >= 0.3 is 0 Å². The van der Waals surface area contributed by atoms with Crippen molar-refractivity contribution in [3.8, 4) is 11.5 Å². The topological polar surface area (TPSA) is 109 Å². The van der Waals surface area contributed by atoms with Gasteiger partial charge in [0, 0.05) is 12.0 Å². The first-order valence-electron chi connectivity index (χ1n) is 9.12. The van der Waals surface area contributed by atoms with E-state index in [-0.39, 0.29) is 0 Å². The molecule has 0 amide bonds. The third-order valence-electron chi connectivity index (χ3n) is 4.87. The highest BCUT2D eigenvalue weighted by molar-refractivity contribution is 5.43. The minimum absolute atomic E-state index is 0.450. The van der Waals surface area contributed by atoms with Gasteiger partial charge in [0.25, 0.3) is 0 Å². The molecule has 0 saturated carbocycles. The van der Waals surface area contributed by atoms with Crippen LogP contribution in [-0.2, 0) is 11.2 Å². The van der Waals surface area contributed by atoms with E-state index in [1.165, 1.54) is 0 Å². The summed E-state index contributed by atoms with van der Waals surface area (Å²) in [4.78, 5) is 0. The fourth-order valence-corrected chi connectivity index (χ4v) is 3.15. The van der Waals surface area contributed by atoms with E-state index in [1.807, 2.05) is 37.3 Å². The summed E-state index contributed by atoms with van der Waals surface area (Å²) in [5.74, 6) is 1.11. The lowest BCUT2D eigenvalue weighted by Gasteiger charge is -2.39. The Morgan fingerprint density at radius 2 is 1.68 bits per heavy atom. The zero-order valence-corrected chi connectivity index (χ0v) is 15.9. The van der Waals surface area contributed by atoms with E-state index in [0.717, 1.165) is 16.7 Å². The molecule has 0 spiro atoms. The van der Waals surface area contributed by atoms with Crippen LogP contribution in [-0.4, -0.2) is 64.8 Å². The van der Waals surface area contributed by atoms with E-state index in [9.17, 15) is 20.4 Å². The molecule has 4 N–H and O–H groups in total. The Bertz CT molecular complexity index is 775. The Balaban J connectivity index is 1.85. The van der Waals surface area contributed by atoms with Gasteiger partial charge < -0.3 is 34.6 Å². The summed E-state index contributed by atoms with van der Waals surface area (Å²) in [5.41, 5.74) is 3.03. The van der Waals surface area contributed by atoms with Crippen molar-refractivity contribution >= 4 is 0 Å². The second-order valence-electron chi connectivity index (χ2n) is 6.95. The van der Waals surface area contributed by atoms with Crippen molar-refractivity contribution in [2.45, 2.75) is 44.1 Å². The predicted molar refractivity (Wildman–Crippen MR) is 101 cm³/mol. The summed E-state index contributed by atoms with van der Waals surface area (Å²) in [6.45, 7) is 1.51. The molecule has 152 valence electrons. The number of aryl methyl sites for hydroxylation is 1. The number of hydrogen-bond acceptors (Lipinski definition) is 7. The maximum absolute atomic E-state index is 10.2. The number of hydrogen-bond donors (Lipinski definition) is 4. The minimum Gasteiger partial charge on any atom is -0.497 e. The fraction of sp³-hybridized carbons (Fsp3) is 0.429. The van der Waals surface area contributed by atoms with Crippen LogP contribution in [0.1, 0.15) is 16.7 Å². The van der Waals surface area contributed by atoms with Crippen molar-refractivity contribution in [1.82, 2.24) is 0 Å². The van der Waals surface area contributed by atoms with Crippen molar-refractivity contribution in [3.05, 3.63) is 59.2 Å². The first kappa shape index (κ1) is 20.6. The highest BCUT2D eigenvalue weighted by Crippen LogP contribution is 2.30. The molecule has 0 aliphatic carbocycles. The number of methoxy groups -OCH3 is 1. The Labute approximate surface area is 163 Å². The number of aliphatic hydroxyl groups excluding tert-OH is 4. The van der Waals surface area contributed by atoms with Gasteiger partial charge in [0.2, 0.25) is 6.29 Å². The predicted octanol–water partition coefficient (Wildman–Crippen LogP) is 0.773. The first-order valence-corrected chi connectivity index (χ1v) is 9.12. The molecule has 7 heteroatoms. The zero-order valence-electron chi connectivity index (χ0n) is 15.9. The zero-order chi connectivity index (χ0) is 20.3. The van der Waals surface area contributed by atoms with E-state index in [2.05, 4.69) is 0 Å². The van der Waals surface area contributed by atoms with Crippen LogP contribution < -0.4 is 9.47 Å². The van der Waals surface area contributed by atoms with Crippen LogP contribution in [0.25, 0.3) is 0 Å². The lowest BCUT2D eigenvalue weighted by molar-refractivity contribution is -0.277. The van der Waals surface area contributed by atoms with Crippen LogP contribution in [0.3, 0.4) is 0 Å². The van der Waals surface area contributed by atoms with Crippen molar-refractivity contribution in [3.63, 3.8) is 0 Å². The van der Waals surface area contributed by atoms with Gasteiger partial charge in [0.1, 0.15) is 35.9 Å². The standard InChI is InChI=1S/C21H26O7/c1-12-3-5-13(6-4-12)9-14-10-15(26-2)7-8-16(14)27-21-20(25)19(24)18(23)17(11-22)28-21/h3-8,10,17-25H,9,11H2,1-2H3/t17-,18-,19+,20-,21-/m1/s1. The van der Waals surface area contributed by atoms with E-state index >= 15 is 0 Å². The molecule has 1 heterocycles. The monoisotopic (exact) mass is 390 g/mol. The fourth-order valence-electron chi connectivity index (χ4n) is 3.15. The Morgan fingerprint density at radius 1 is 0.964 bits per heavy atom. The molecule has 2 aromatic carbocycles. The summed E-state index contributed by atoms with van der Waals surface area (Å²) in [6.07, 6.45) is -6.09. The Morgan fingerprint density at radius 3 is 2.32 bits per heavy atom. The number of rotatable bonds is 6. The van der Waals surface area contributed by atoms with Crippen LogP contribution in [0.4, 0.5) is 0 Å². The van der Waals surface area contributed by atoms with E-state index in [0.29, 0.717) is 17.9 Å². The maximum atomic E-state index is 10.2. The van der Waals surface area contributed by atoms with Crippen LogP contribution >= 0.6 is 0 Å². The van der Waals surface area contributed by atoms with Crippen LogP contribution in [0.2, 0.25) is 0 Å². The third-order valence-corrected chi connectivity index (χ3v) is 4.87. The summed E-state index contributed by atoms with van der Waals surface area (Å²) in [5, 5.41) is 39.5. The quantitative estimate of drug-likeness (QED) is 0.577. The first-order chi connectivity index (χ1) is 13.4. The molecule has 2 aromatic rings. The van der Waals surface area contributed by atoms with Gasteiger partial charge in [-0.15, -0.1) is 0 Å². The lowest BCUT2D eigenvalue weighted by Crippen LogP contribution is -2.60. The highest BCUT2D eigenvalue weighted by atomic mass is 16.7. The molecular formula is C21H26O7. The van der Waals surface area contributed by atoms with E-state index in [1.54, 1.807) is 19.2 Å². The smallest absolute Gasteiger partial charge is 0.229 e.